The lowest BCUT2D eigenvalue weighted by Crippen LogP contribution is -2.19. The van der Waals surface area contributed by atoms with Gasteiger partial charge in [-0.15, -0.1) is 0 Å². The average molecular weight is 260 g/mol. The topological polar surface area (TPSA) is 21.3 Å². The molecule has 2 nitrogen and oxygen atoms in total. The van der Waals surface area contributed by atoms with Gasteiger partial charge in [-0.25, -0.2) is 0 Å². The van der Waals surface area contributed by atoms with Crippen LogP contribution in [0.15, 0.2) is 6.07 Å². The molecular weight excluding hydrogens is 245 g/mol. The fourth-order valence-electron chi connectivity index (χ4n) is 1.89. The van der Waals surface area contributed by atoms with E-state index in [1.165, 1.54) is 0 Å². The molecule has 88 valence electrons. The Bertz CT molecular complexity index is 400. The van der Waals surface area contributed by atoms with E-state index in [1.807, 2.05) is 19.9 Å². The van der Waals surface area contributed by atoms with Gasteiger partial charge in [-0.1, -0.05) is 23.2 Å². The van der Waals surface area contributed by atoms with Crippen LogP contribution in [0.3, 0.4) is 0 Å². The van der Waals surface area contributed by atoms with Gasteiger partial charge in [0.1, 0.15) is 11.9 Å². The van der Waals surface area contributed by atoms with Crippen LogP contribution in [-0.4, -0.2) is 19.2 Å². The van der Waals surface area contributed by atoms with Gasteiger partial charge in [-0.2, -0.15) is 0 Å². The highest BCUT2D eigenvalue weighted by Gasteiger charge is 2.19. The van der Waals surface area contributed by atoms with Crippen molar-refractivity contribution >= 4 is 23.2 Å². The quantitative estimate of drug-likeness (QED) is 0.880. The van der Waals surface area contributed by atoms with Crippen LogP contribution in [0.2, 0.25) is 10.0 Å². The molecule has 16 heavy (non-hydrogen) atoms. The molecule has 4 heteroatoms. The molecule has 1 saturated heterocycles. The van der Waals surface area contributed by atoms with Crippen LogP contribution >= 0.6 is 23.2 Å². The Kier molecular flexibility index (Phi) is 3.63. The number of hydrogen-bond acceptors (Lipinski definition) is 2. The maximum absolute atomic E-state index is 6.22. The lowest BCUT2D eigenvalue weighted by molar-refractivity contribution is 0.223. The number of aryl methyl sites for hydroxylation is 1. The summed E-state index contributed by atoms with van der Waals surface area (Å²) in [4.78, 5) is 0. The highest BCUT2D eigenvalue weighted by atomic mass is 35.5. The minimum Gasteiger partial charge on any atom is -0.487 e. The van der Waals surface area contributed by atoms with Crippen molar-refractivity contribution in [3.8, 4) is 5.75 Å². The number of halogens is 2. The lowest BCUT2D eigenvalue weighted by Gasteiger charge is -2.16. The Labute approximate surface area is 106 Å². The van der Waals surface area contributed by atoms with E-state index in [-0.39, 0.29) is 6.10 Å². The molecule has 1 unspecified atom stereocenters. The summed E-state index contributed by atoms with van der Waals surface area (Å²) in [5, 5.41) is 4.61. The Morgan fingerprint density at radius 3 is 2.69 bits per heavy atom. The third-order valence-electron chi connectivity index (χ3n) is 2.88. The summed E-state index contributed by atoms with van der Waals surface area (Å²) >= 11 is 12.3. The second kappa shape index (κ2) is 4.82. The van der Waals surface area contributed by atoms with Crippen molar-refractivity contribution in [3.63, 3.8) is 0 Å². The predicted octanol–water partition coefficient (Wildman–Crippen LogP) is 3.35. The molecule has 1 aliphatic heterocycles. The first-order valence-electron chi connectivity index (χ1n) is 5.42. The van der Waals surface area contributed by atoms with E-state index in [0.29, 0.717) is 5.02 Å². The molecule has 2 rings (SSSR count). The number of nitrogens with one attached hydrogen (secondary N) is 1. The molecule has 0 saturated carbocycles. The summed E-state index contributed by atoms with van der Waals surface area (Å²) in [7, 11) is 0. The molecule has 0 spiro atoms. The molecule has 1 N–H and O–H groups in total. The van der Waals surface area contributed by atoms with Crippen LogP contribution in [0, 0.1) is 13.8 Å². The first-order chi connectivity index (χ1) is 7.59. The normalized spacial score (nSPS) is 20.1. The summed E-state index contributed by atoms with van der Waals surface area (Å²) in [5.74, 6) is 0.745. The molecule has 0 aromatic heterocycles. The summed E-state index contributed by atoms with van der Waals surface area (Å²) in [6.07, 6.45) is 1.24. The molecule has 1 heterocycles. The molecule has 1 fully saturated rings. The number of rotatable bonds is 2. The van der Waals surface area contributed by atoms with Gasteiger partial charge in [-0.05, 0) is 44.0 Å². The Balaban J connectivity index is 2.26. The van der Waals surface area contributed by atoms with Crippen LogP contribution < -0.4 is 10.1 Å². The van der Waals surface area contributed by atoms with Gasteiger partial charge in [-0.3, -0.25) is 0 Å². The van der Waals surface area contributed by atoms with Crippen molar-refractivity contribution in [2.75, 3.05) is 13.1 Å². The minimum absolute atomic E-state index is 0.220. The SMILES string of the molecule is Cc1cc(OC2CCNC2)c(Cl)c(C)c1Cl. The van der Waals surface area contributed by atoms with Gasteiger partial charge in [0.15, 0.2) is 0 Å². The van der Waals surface area contributed by atoms with Gasteiger partial charge in [0.25, 0.3) is 0 Å². The lowest BCUT2D eigenvalue weighted by atomic mass is 10.1. The zero-order chi connectivity index (χ0) is 11.7. The van der Waals surface area contributed by atoms with Crippen LogP contribution in [-0.2, 0) is 0 Å². The van der Waals surface area contributed by atoms with Gasteiger partial charge >= 0.3 is 0 Å². The monoisotopic (exact) mass is 259 g/mol. The van der Waals surface area contributed by atoms with Gasteiger partial charge in [0, 0.05) is 11.6 Å². The molecule has 1 atom stereocenters. The first-order valence-corrected chi connectivity index (χ1v) is 6.17. The van der Waals surface area contributed by atoms with Crippen molar-refractivity contribution in [2.24, 2.45) is 0 Å². The molecule has 1 aliphatic rings. The van der Waals surface area contributed by atoms with Crippen LogP contribution in [0.4, 0.5) is 0 Å². The zero-order valence-electron chi connectivity index (χ0n) is 9.44. The van der Waals surface area contributed by atoms with Crippen molar-refractivity contribution in [2.45, 2.75) is 26.4 Å². The van der Waals surface area contributed by atoms with Crippen molar-refractivity contribution < 1.29 is 4.74 Å². The molecular formula is C12H15Cl2NO. The minimum atomic E-state index is 0.220. The smallest absolute Gasteiger partial charge is 0.139 e. The van der Waals surface area contributed by atoms with E-state index in [4.69, 9.17) is 27.9 Å². The maximum Gasteiger partial charge on any atom is 0.139 e. The summed E-state index contributed by atoms with van der Waals surface area (Å²) in [6.45, 7) is 5.77. The summed E-state index contributed by atoms with van der Waals surface area (Å²) < 4.78 is 5.87. The molecule has 0 radical (unpaired) electrons. The van der Waals surface area contributed by atoms with E-state index in [2.05, 4.69) is 5.32 Å². The maximum atomic E-state index is 6.22. The molecule has 0 amide bonds. The van der Waals surface area contributed by atoms with Crippen LogP contribution in [0.1, 0.15) is 17.5 Å². The highest BCUT2D eigenvalue weighted by Crippen LogP contribution is 2.36. The third-order valence-corrected chi connectivity index (χ3v) is 3.93. The van der Waals surface area contributed by atoms with Crippen LogP contribution in [0.5, 0.6) is 5.75 Å². The fourth-order valence-corrected chi connectivity index (χ4v) is 2.29. The molecule has 0 aliphatic carbocycles. The van der Waals surface area contributed by atoms with Crippen molar-refractivity contribution in [1.29, 1.82) is 0 Å². The Hall–Kier alpha value is -0.440. The van der Waals surface area contributed by atoms with E-state index < -0.39 is 0 Å². The van der Waals surface area contributed by atoms with E-state index in [1.54, 1.807) is 0 Å². The summed E-state index contributed by atoms with van der Waals surface area (Å²) in [6, 6.07) is 1.91. The van der Waals surface area contributed by atoms with Gasteiger partial charge in [0.2, 0.25) is 0 Å². The largest absolute Gasteiger partial charge is 0.487 e. The standard InChI is InChI=1S/C12H15Cl2NO/c1-7-5-10(12(14)8(2)11(7)13)16-9-3-4-15-6-9/h5,9,15H,3-4,6H2,1-2H3. The fraction of sp³-hybridized carbons (Fsp3) is 0.500. The van der Waals surface area contributed by atoms with Gasteiger partial charge in [0.05, 0.1) is 5.02 Å². The van der Waals surface area contributed by atoms with Gasteiger partial charge < -0.3 is 10.1 Å². The number of ether oxygens (including phenoxy) is 1. The average Bonchev–Trinajstić information content (AvgIpc) is 2.76. The zero-order valence-corrected chi connectivity index (χ0v) is 11.0. The van der Waals surface area contributed by atoms with E-state index in [9.17, 15) is 0 Å². The second-order valence-corrected chi connectivity index (χ2v) is 4.93. The predicted molar refractivity (Wildman–Crippen MR) is 67.8 cm³/mol. The number of benzene rings is 1. The Morgan fingerprint density at radius 2 is 2.06 bits per heavy atom. The molecule has 1 aromatic carbocycles. The number of hydrogen-bond donors (Lipinski definition) is 1. The second-order valence-electron chi connectivity index (χ2n) is 4.18. The summed E-state index contributed by atoms with van der Waals surface area (Å²) in [5.41, 5.74) is 1.90. The van der Waals surface area contributed by atoms with Crippen molar-refractivity contribution in [3.05, 3.63) is 27.2 Å². The highest BCUT2D eigenvalue weighted by molar-refractivity contribution is 6.37. The van der Waals surface area contributed by atoms with Crippen molar-refractivity contribution in [1.82, 2.24) is 5.32 Å². The third kappa shape index (κ3) is 2.29. The molecule has 0 bridgehead atoms. The van der Waals surface area contributed by atoms with Crippen LogP contribution in [0.25, 0.3) is 0 Å². The Morgan fingerprint density at radius 1 is 1.31 bits per heavy atom. The van der Waals surface area contributed by atoms with E-state index >= 15 is 0 Å². The van der Waals surface area contributed by atoms with E-state index in [0.717, 1.165) is 41.4 Å². The first kappa shape index (κ1) is 12.0. The molecule has 1 aromatic rings.